The van der Waals surface area contributed by atoms with E-state index >= 15 is 0 Å². The summed E-state index contributed by atoms with van der Waals surface area (Å²) in [6.07, 6.45) is 1.38. The summed E-state index contributed by atoms with van der Waals surface area (Å²) >= 11 is 0. The van der Waals surface area contributed by atoms with Crippen LogP contribution < -0.4 is 11.3 Å². The molecule has 1 saturated heterocycles. The second-order valence-electron chi connectivity index (χ2n) is 3.68. The molecule has 0 amide bonds. The van der Waals surface area contributed by atoms with Crippen molar-refractivity contribution in [3.63, 3.8) is 0 Å². The minimum absolute atomic E-state index is 0.272. The van der Waals surface area contributed by atoms with Gasteiger partial charge in [0.2, 0.25) is 5.96 Å². The molecule has 5 heteroatoms. The molecule has 1 aliphatic heterocycles. The second kappa shape index (κ2) is 5.17. The van der Waals surface area contributed by atoms with Gasteiger partial charge in [-0.15, -0.1) is 0 Å². The number of piperidine rings is 1. The average Bonchev–Trinajstić information content (AvgIpc) is 2.22. The molecular formula is C9H20N4O. The van der Waals surface area contributed by atoms with Crippen LogP contribution in [0.5, 0.6) is 0 Å². The molecule has 1 rings (SSSR count). The number of nitrogens with two attached hydrogens (primary N) is 1. The highest BCUT2D eigenvalue weighted by molar-refractivity contribution is 5.79. The van der Waals surface area contributed by atoms with E-state index in [0.29, 0.717) is 5.92 Å². The zero-order valence-corrected chi connectivity index (χ0v) is 9.16. The number of hydrogen-bond donors (Lipinski definition) is 2. The van der Waals surface area contributed by atoms with Crippen LogP contribution in [0, 0.1) is 5.92 Å². The summed E-state index contributed by atoms with van der Waals surface area (Å²) in [5.41, 5.74) is 2.60. The number of guanidine groups is 1. The molecule has 0 radical (unpaired) electrons. The van der Waals surface area contributed by atoms with Gasteiger partial charge in [0.25, 0.3) is 0 Å². The van der Waals surface area contributed by atoms with Gasteiger partial charge >= 0.3 is 0 Å². The number of nitrogens with zero attached hydrogens (tertiary/aromatic N) is 2. The zero-order chi connectivity index (χ0) is 10.6. The van der Waals surface area contributed by atoms with Gasteiger partial charge in [0.15, 0.2) is 0 Å². The molecule has 0 aromatic carbocycles. The van der Waals surface area contributed by atoms with E-state index in [9.17, 15) is 0 Å². The lowest BCUT2D eigenvalue weighted by molar-refractivity contribution is 0.0140. The van der Waals surface area contributed by atoms with Crippen molar-refractivity contribution in [2.24, 2.45) is 16.8 Å². The summed E-state index contributed by atoms with van der Waals surface area (Å²) in [4.78, 5) is 6.19. The lowest BCUT2D eigenvalue weighted by Crippen LogP contribution is -2.52. The Morgan fingerprint density at radius 1 is 1.64 bits per heavy atom. The Hall–Kier alpha value is -0.810. The molecule has 0 aromatic heterocycles. The minimum Gasteiger partial charge on any atom is -0.379 e. The van der Waals surface area contributed by atoms with E-state index in [0.717, 1.165) is 25.5 Å². The number of hydrazine groups is 1. The van der Waals surface area contributed by atoms with Crippen LogP contribution in [-0.4, -0.2) is 44.2 Å². The Morgan fingerprint density at radius 2 is 2.36 bits per heavy atom. The summed E-state index contributed by atoms with van der Waals surface area (Å²) in [6.45, 7) is 4.05. The number of aliphatic imine (C=N–C) groups is 1. The lowest BCUT2D eigenvalue weighted by atomic mass is 9.96. The van der Waals surface area contributed by atoms with Crippen molar-refractivity contribution >= 4 is 5.96 Å². The van der Waals surface area contributed by atoms with Crippen molar-refractivity contribution in [1.29, 1.82) is 0 Å². The number of hydrogen-bond acceptors (Lipinski definition) is 3. The number of nitrogens with one attached hydrogen (secondary N) is 1. The smallest absolute Gasteiger partial charge is 0.208 e. The summed E-state index contributed by atoms with van der Waals surface area (Å²) in [5, 5.41) is 0. The van der Waals surface area contributed by atoms with Gasteiger partial charge in [-0.3, -0.25) is 10.4 Å². The molecule has 1 fully saturated rings. The van der Waals surface area contributed by atoms with Crippen molar-refractivity contribution in [2.75, 3.05) is 27.2 Å². The predicted octanol–water partition coefficient (Wildman–Crippen LogP) is -0.208. The quantitative estimate of drug-likeness (QED) is 0.266. The maximum absolute atomic E-state index is 5.41. The van der Waals surface area contributed by atoms with Gasteiger partial charge in [-0.25, -0.2) is 5.84 Å². The minimum atomic E-state index is 0.272. The van der Waals surface area contributed by atoms with Crippen molar-refractivity contribution < 1.29 is 4.74 Å². The maximum atomic E-state index is 5.41. The highest BCUT2D eigenvalue weighted by Gasteiger charge is 2.27. The molecule has 0 aromatic rings. The topological polar surface area (TPSA) is 62.9 Å². The van der Waals surface area contributed by atoms with Crippen LogP contribution in [0.25, 0.3) is 0 Å². The third-order valence-electron chi connectivity index (χ3n) is 2.83. The van der Waals surface area contributed by atoms with Crippen LogP contribution in [0.2, 0.25) is 0 Å². The van der Waals surface area contributed by atoms with E-state index in [2.05, 4.69) is 22.2 Å². The molecule has 0 spiro atoms. The van der Waals surface area contributed by atoms with Crippen LogP contribution in [0.3, 0.4) is 0 Å². The first-order valence-corrected chi connectivity index (χ1v) is 4.94. The fourth-order valence-electron chi connectivity index (χ4n) is 1.83. The Kier molecular flexibility index (Phi) is 4.16. The Morgan fingerprint density at radius 3 is 2.86 bits per heavy atom. The van der Waals surface area contributed by atoms with E-state index in [-0.39, 0.29) is 6.10 Å². The van der Waals surface area contributed by atoms with Crippen LogP contribution in [0.4, 0.5) is 0 Å². The van der Waals surface area contributed by atoms with E-state index in [1.165, 1.54) is 0 Å². The largest absolute Gasteiger partial charge is 0.379 e. The molecule has 0 aliphatic carbocycles. The van der Waals surface area contributed by atoms with Crippen molar-refractivity contribution in [1.82, 2.24) is 10.3 Å². The molecule has 1 heterocycles. The first-order chi connectivity index (χ1) is 6.72. The Balaban J connectivity index is 2.58. The number of methoxy groups -OCH3 is 1. The first kappa shape index (κ1) is 11.3. The zero-order valence-electron chi connectivity index (χ0n) is 9.16. The Labute approximate surface area is 85.3 Å². The standard InChI is InChI=1S/C9H20N4O/c1-7-4-5-13(6-8(7)14-3)9(11-2)12-10/h7-8H,4-6,10H2,1-3H3,(H,11,12). The normalized spacial score (nSPS) is 29.1. The summed E-state index contributed by atoms with van der Waals surface area (Å²) in [7, 11) is 3.48. The van der Waals surface area contributed by atoms with E-state index in [4.69, 9.17) is 10.6 Å². The van der Waals surface area contributed by atoms with Gasteiger partial charge in [0.1, 0.15) is 0 Å². The summed E-state index contributed by atoms with van der Waals surface area (Å²) < 4.78 is 5.41. The number of ether oxygens (including phenoxy) is 1. The molecule has 0 saturated carbocycles. The van der Waals surface area contributed by atoms with Crippen LogP contribution in [0.1, 0.15) is 13.3 Å². The second-order valence-corrected chi connectivity index (χ2v) is 3.68. The van der Waals surface area contributed by atoms with E-state index < -0.39 is 0 Å². The van der Waals surface area contributed by atoms with Crippen LogP contribution in [-0.2, 0) is 4.74 Å². The van der Waals surface area contributed by atoms with Crippen LogP contribution >= 0.6 is 0 Å². The highest BCUT2D eigenvalue weighted by Crippen LogP contribution is 2.19. The molecule has 5 nitrogen and oxygen atoms in total. The first-order valence-electron chi connectivity index (χ1n) is 4.94. The molecule has 0 bridgehead atoms. The Bertz CT molecular complexity index is 207. The van der Waals surface area contributed by atoms with Gasteiger partial charge < -0.3 is 9.64 Å². The van der Waals surface area contributed by atoms with Crippen molar-refractivity contribution in [2.45, 2.75) is 19.4 Å². The number of rotatable bonds is 1. The van der Waals surface area contributed by atoms with Crippen molar-refractivity contribution in [3.8, 4) is 0 Å². The third-order valence-corrected chi connectivity index (χ3v) is 2.83. The fraction of sp³-hybridized carbons (Fsp3) is 0.889. The summed E-state index contributed by atoms with van der Waals surface area (Å²) in [5.74, 6) is 6.71. The number of likely N-dealkylation sites (tertiary alicyclic amines) is 1. The molecule has 1 aliphatic rings. The van der Waals surface area contributed by atoms with Crippen molar-refractivity contribution in [3.05, 3.63) is 0 Å². The van der Waals surface area contributed by atoms with Crippen LogP contribution in [0.15, 0.2) is 4.99 Å². The molecule has 14 heavy (non-hydrogen) atoms. The predicted molar refractivity (Wildman–Crippen MR) is 56.8 cm³/mol. The average molecular weight is 200 g/mol. The van der Waals surface area contributed by atoms with Gasteiger partial charge in [0.05, 0.1) is 6.10 Å². The maximum Gasteiger partial charge on any atom is 0.208 e. The monoisotopic (exact) mass is 200 g/mol. The van der Waals surface area contributed by atoms with E-state index in [1.807, 2.05) is 0 Å². The molecule has 3 N–H and O–H groups in total. The van der Waals surface area contributed by atoms with E-state index in [1.54, 1.807) is 14.2 Å². The van der Waals surface area contributed by atoms with Gasteiger partial charge in [-0.1, -0.05) is 6.92 Å². The van der Waals surface area contributed by atoms with Gasteiger partial charge in [-0.05, 0) is 12.3 Å². The highest BCUT2D eigenvalue weighted by atomic mass is 16.5. The van der Waals surface area contributed by atoms with Gasteiger partial charge in [0, 0.05) is 27.2 Å². The van der Waals surface area contributed by atoms with Gasteiger partial charge in [-0.2, -0.15) is 0 Å². The molecular weight excluding hydrogens is 180 g/mol. The SMILES string of the molecule is CN=C(NN)N1CCC(C)C(OC)C1. The third kappa shape index (κ3) is 2.36. The summed E-state index contributed by atoms with van der Waals surface area (Å²) in [6, 6.07) is 0. The molecule has 82 valence electrons. The molecule has 2 unspecified atom stereocenters. The lowest BCUT2D eigenvalue weighted by Gasteiger charge is -2.37. The molecule has 2 atom stereocenters. The fourth-order valence-corrected chi connectivity index (χ4v) is 1.83.